The Morgan fingerprint density at radius 2 is 0.625 bits per heavy atom. The summed E-state index contributed by atoms with van der Waals surface area (Å²) in [6.07, 6.45) is 0. The molecule has 0 aliphatic rings. The summed E-state index contributed by atoms with van der Waals surface area (Å²) in [5.74, 6) is 0. The zero-order valence-electron chi connectivity index (χ0n) is 3.69. The fourth-order valence-electron chi connectivity index (χ4n) is 0. The smallest absolute Gasteiger partial charge is 0.769 e. The summed E-state index contributed by atoms with van der Waals surface area (Å²) >= 11 is 10.2. The molecule has 1 radical (unpaired) electrons. The van der Waals surface area contributed by atoms with Crippen molar-refractivity contribution in [2.45, 2.75) is 0 Å². The quantitative estimate of drug-likeness (QED) is 0.398. The summed E-state index contributed by atoms with van der Waals surface area (Å²) in [6, 6.07) is 0. The number of halogens is 3. The normalized spacial score (nSPS) is 2.25. The van der Waals surface area contributed by atoms with Gasteiger partial charge >= 0.3 is 46.3 Å². The molecule has 0 saturated carbocycles. The standard InChI is InChI=1S/3ClO.Co.Na/c3*1-2;;/q3*-1;+2;+1. The molecule has 0 aromatic carbocycles. The van der Waals surface area contributed by atoms with Crippen molar-refractivity contribution in [3.63, 3.8) is 0 Å². The van der Waals surface area contributed by atoms with Crippen molar-refractivity contribution in [1.29, 1.82) is 0 Å². The zero-order chi connectivity index (χ0) is 6.00. The summed E-state index contributed by atoms with van der Waals surface area (Å²) in [5.41, 5.74) is 0. The van der Waals surface area contributed by atoms with Gasteiger partial charge in [0.25, 0.3) is 0 Å². The summed E-state index contributed by atoms with van der Waals surface area (Å²) in [7, 11) is 0. The summed E-state index contributed by atoms with van der Waals surface area (Å²) < 4.78 is 23.2. The SMILES string of the molecule is [Co+2].[Na+].[O-]Cl.[O-]Cl.[O-]Cl. The Balaban J connectivity index is -0.00000000500. The molecule has 0 fully saturated rings. The van der Waals surface area contributed by atoms with E-state index >= 15 is 0 Å². The minimum Gasteiger partial charge on any atom is -0.769 e. The topological polar surface area (TPSA) is 69.2 Å². The molecule has 0 spiro atoms. The molecule has 0 N–H and O–H groups in total. The van der Waals surface area contributed by atoms with Crippen LogP contribution in [0.25, 0.3) is 0 Å². The molecule has 0 heterocycles. The largest absolute Gasteiger partial charge is 2.00 e. The monoisotopic (exact) mass is 235 g/mol. The van der Waals surface area contributed by atoms with Crippen molar-refractivity contribution in [2.75, 3.05) is 0 Å². The minimum absolute atomic E-state index is 0. The first kappa shape index (κ1) is 31.8. The molecule has 0 aliphatic heterocycles. The maximum absolute atomic E-state index is 7.72. The van der Waals surface area contributed by atoms with Gasteiger partial charge in [-0.25, -0.2) is 35.6 Å². The Morgan fingerprint density at radius 1 is 0.625 bits per heavy atom. The fraction of sp³-hybridized carbons (Fsp3) is 0. The van der Waals surface area contributed by atoms with Crippen LogP contribution < -0.4 is 43.5 Å². The van der Waals surface area contributed by atoms with Crippen LogP contribution in [0, 0.1) is 0 Å². The third kappa shape index (κ3) is 85.4. The van der Waals surface area contributed by atoms with E-state index < -0.39 is 0 Å². The molecule has 0 amide bonds. The van der Waals surface area contributed by atoms with E-state index in [0.717, 1.165) is 0 Å². The summed E-state index contributed by atoms with van der Waals surface area (Å²) in [5, 5.41) is 0. The number of rotatable bonds is 0. The van der Waals surface area contributed by atoms with Gasteiger partial charge in [0.15, 0.2) is 0 Å². The predicted molar refractivity (Wildman–Crippen MR) is 17.6 cm³/mol. The molecule has 0 rings (SSSR count). The minimum atomic E-state index is 0. The second-order valence-corrected chi connectivity index (χ2v) is 0. The molecule has 0 unspecified atom stereocenters. The first-order valence-corrected chi connectivity index (χ1v) is 1.39. The molecule has 0 saturated heterocycles. The average Bonchev–Trinajstić information content (AvgIpc) is 1.81. The summed E-state index contributed by atoms with van der Waals surface area (Å²) in [6.45, 7) is 0. The second-order valence-electron chi connectivity index (χ2n) is 0. The van der Waals surface area contributed by atoms with Gasteiger partial charge < -0.3 is 14.0 Å². The van der Waals surface area contributed by atoms with E-state index in [1.807, 2.05) is 0 Å². The van der Waals surface area contributed by atoms with Gasteiger partial charge in [0.05, 0.1) is 0 Å². The molecular weight excluding hydrogens is 236 g/mol. The van der Waals surface area contributed by atoms with Gasteiger partial charge in [0.2, 0.25) is 0 Å². The number of hydrogen-bond donors (Lipinski definition) is 0. The van der Waals surface area contributed by atoms with Gasteiger partial charge in [-0.1, -0.05) is 0 Å². The molecule has 0 bridgehead atoms. The first-order chi connectivity index (χ1) is 3.00. The third-order valence-electron chi connectivity index (χ3n) is 0. The van der Waals surface area contributed by atoms with Gasteiger partial charge in [-0.2, -0.15) is 0 Å². The van der Waals surface area contributed by atoms with Crippen LogP contribution in [0.15, 0.2) is 0 Å². The number of hydrogen-bond acceptors (Lipinski definition) is 3. The van der Waals surface area contributed by atoms with Crippen LogP contribution in [0.3, 0.4) is 0 Å². The van der Waals surface area contributed by atoms with Gasteiger partial charge in [-0.15, -0.1) is 0 Å². The molecule has 0 aliphatic carbocycles. The Kier molecular flexibility index (Phi) is 493. The van der Waals surface area contributed by atoms with Gasteiger partial charge in [0.1, 0.15) is 0 Å². The van der Waals surface area contributed by atoms with Crippen molar-refractivity contribution < 1.29 is 60.3 Å². The van der Waals surface area contributed by atoms with Crippen LogP contribution in [-0.4, -0.2) is 0 Å². The van der Waals surface area contributed by atoms with Crippen LogP contribution in [0.1, 0.15) is 0 Å². The van der Waals surface area contributed by atoms with E-state index in [1.54, 1.807) is 0 Å². The maximum atomic E-state index is 7.72. The van der Waals surface area contributed by atoms with E-state index in [9.17, 15) is 0 Å². The average molecular weight is 236 g/mol. The molecule has 0 aromatic rings. The predicted octanol–water partition coefficient (Wildman–Crippen LogP) is -4.50. The van der Waals surface area contributed by atoms with Gasteiger partial charge in [-0.3, -0.25) is 0 Å². The molecule has 8 heteroatoms. The van der Waals surface area contributed by atoms with Crippen LogP contribution in [-0.2, 0) is 16.8 Å². The molecule has 0 aromatic heterocycles. The van der Waals surface area contributed by atoms with Crippen LogP contribution >= 0.6 is 35.6 Å². The third-order valence-corrected chi connectivity index (χ3v) is 0. The van der Waals surface area contributed by atoms with E-state index in [4.69, 9.17) is 14.0 Å². The second kappa shape index (κ2) is 124. The molecule has 49 valence electrons. The van der Waals surface area contributed by atoms with Crippen molar-refractivity contribution in [3.8, 4) is 0 Å². The Morgan fingerprint density at radius 3 is 0.625 bits per heavy atom. The van der Waals surface area contributed by atoms with E-state index in [0.29, 0.717) is 0 Å². The van der Waals surface area contributed by atoms with E-state index in [-0.39, 0.29) is 46.3 Å². The van der Waals surface area contributed by atoms with Crippen LogP contribution in [0.5, 0.6) is 0 Å². The van der Waals surface area contributed by atoms with Gasteiger partial charge in [-0.05, 0) is 0 Å². The zero-order valence-corrected chi connectivity index (χ0v) is 9.00. The first-order valence-electron chi connectivity index (χ1n) is 0.463. The molecule has 0 atom stereocenters. The van der Waals surface area contributed by atoms with Crippen molar-refractivity contribution in [1.82, 2.24) is 0 Å². The van der Waals surface area contributed by atoms with Crippen molar-refractivity contribution in [3.05, 3.63) is 0 Å². The van der Waals surface area contributed by atoms with E-state index in [2.05, 4.69) is 35.6 Å². The van der Waals surface area contributed by atoms with Gasteiger partial charge in [0, 0.05) is 0 Å². The molecule has 3 nitrogen and oxygen atoms in total. The maximum Gasteiger partial charge on any atom is 2.00 e. The van der Waals surface area contributed by atoms with Crippen molar-refractivity contribution >= 4 is 35.6 Å². The molecule has 8 heavy (non-hydrogen) atoms. The van der Waals surface area contributed by atoms with Crippen molar-refractivity contribution in [2.24, 2.45) is 0 Å². The Labute approximate surface area is 94.9 Å². The van der Waals surface area contributed by atoms with Crippen LogP contribution in [0.4, 0.5) is 0 Å². The fourth-order valence-corrected chi connectivity index (χ4v) is 0. The van der Waals surface area contributed by atoms with Crippen LogP contribution in [0.2, 0.25) is 0 Å². The van der Waals surface area contributed by atoms with E-state index in [1.165, 1.54) is 0 Å². The Hall–Kier alpha value is 2.26. The summed E-state index contributed by atoms with van der Waals surface area (Å²) in [4.78, 5) is 0. The Bertz CT molecular complexity index is 14.5. The molecular formula is Cl3CoNaO3.